The highest BCUT2D eigenvalue weighted by Gasteiger charge is 2.39. The van der Waals surface area contributed by atoms with Crippen LogP contribution in [0, 0.1) is 12.8 Å². The molecule has 8 heteroatoms. The van der Waals surface area contributed by atoms with Crippen LogP contribution in [-0.4, -0.2) is 19.3 Å². The van der Waals surface area contributed by atoms with Gasteiger partial charge in [-0.05, 0) is 67.9 Å². The number of hydrogen-bond donors (Lipinski definition) is 2. The first-order chi connectivity index (χ1) is 17.3. The summed E-state index contributed by atoms with van der Waals surface area (Å²) in [4.78, 5) is 26.2. The van der Waals surface area contributed by atoms with E-state index in [1.807, 2.05) is 6.07 Å². The normalized spacial score (nSPS) is 17.1. The molecule has 7 nitrogen and oxygen atoms in total. The Kier molecular flexibility index (Phi) is 6.47. The van der Waals surface area contributed by atoms with Crippen LogP contribution in [0.4, 0.5) is 5.69 Å². The van der Waals surface area contributed by atoms with E-state index in [9.17, 15) is 23.1 Å². The van der Waals surface area contributed by atoms with E-state index in [-0.39, 0.29) is 39.2 Å². The molecule has 36 heavy (non-hydrogen) atoms. The molecule has 1 heterocycles. The van der Waals surface area contributed by atoms with Crippen molar-refractivity contribution >= 4 is 21.5 Å². The van der Waals surface area contributed by atoms with Crippen LogP contribution < -0.4 is 10.3 Å². The second kappa shape index (κ2) is 9.58. The average Bonchev–Trinajstić information content (AvgIpc) is 3.65. The van der Waals surface area contributed by atoms with Crippen LogP contribution in [-0.2, 0) is 16.4 Å². The molecule has 0 aliphatic heterocycles. The maximum Gasteiger partial charge on any atom is 0.343 e. The first kappa shape index (κ1) is 24.3. The molecule has 2 aromatic carbocycles. The van der Waals surface area contributed by atoms with E-state index < -0.39 is 21.6 Å². The Morgan fingerprint density at radius 1 is 1.00 bits per heavy atom. The zero-order valence-corrected chi connectivity index (χ0v) is 20.9. The molecule has 2 N–H and O–H groups in total. The summed E-state index contributed by atoms with van der Waals surface area (Å²) in [5.41, 5.74) is 1.25. The quantitative estimate of drug-likeness (QED) is 0.468. The second-order valence-corrected chi connectivity index (χ2v) is 11.4. The molecule has 1 aromatic heterocycles. The van der Waals surface area contributed by atoms with Crippen LogP contribution in [0.1, 0.15) is 77.3 Å². The molecule has 1 atom stereocenters. The molecule has 1 unspecified atom stereocenters. The first-order valence-electron chi connectivity index (χ1n) is 12.4. The number of sulfonamides is 1. The van der Waals surface area contributed by atoms with Crippen molar-refractivity contribution in [3.63, 3.8) is 0 Å². The summed E-state index contributed by atoms with van der Waals surface area (Å²) < 4.78 is 34.3. The van der Waals surface area contributed by atoms with Gasteiger partial charge in [0.05, 0.1) is 16.0 Å². The number of aromatic hydroxyl groups is 1. The number of anilines is 1. The van der Waals surface area contributed by atoms with Gasteiger partial charge in [-0.3, -0.25) is 9.52 Å². The van der Waals surface area contributed by atoms with Crippen molar-refractivity contribution in [3.05, 3.63) is 87.0 Å². The highest BCUT2D eigenvalue weighted by Crippen LogP contribution is 2.49. The third-order valence-corrected chi connectivity index (χ3v) is 8.62. The largest absolute Gasteiger partial charge is 0.506 e. The van der Waals surface area contributed by atoms with E-state index in [0.717, 1.165) is 32.1 Å². The number of benzene rings is 2. The minimum absolute atomic E-state index is 0.0868. The predicted octanol–water partition coefficient (Wildman–Crippen LogP) is 5.30. The zero-order valence-electron chi connectivity index (χ0n) is 20.1. The molecule has 2 aliphatic rings. The highest BCUT2D eigenvalue weighted by atomic mass is 32.2. The van der Waals surface area contributed by atoms with Crippen molar-refractivity contribution in [2.75, 3.05) is 4.72 Å². The smallest absolute Gasteiger partial charge is 0.343 e. The third-order valence-electron chi connectivity index (χ3n) is 7.08. The van der Waals surface area contributed by atoms with Gasteiger partial charge >= 0.3 is 5.63 Å². The zero-order chi connectivity index (χ0) is 25.4. The Morgan fingerprint density at radius 2 is 1.75 bits per heavy atom. The lowest BCUT2D eigenvalue weighted by Crippen LogP contribution is -2.21. The summed E-state index contributed by atoms with van der Waals surface area (Å²) >= 11 is 0. The van der Waals surface area contributed by atoms with E-state index in [4.69, 9.17) is 4.42 Å². The molecule has 0 amide bonds. The van der Waals surface area contributed by atoms with Crippen LogP contribution >= 0.6 is 0 Å². The van der Waals surface area contributed by atoms with Gasteiger partial charge in [0, 0.05) is 24.4 Å². The summed E-state index contributed by atoms with van der Waals surface area (Å²) in [7, 11) is -3.82. The number of rotatable bonds is 6. The fourth-order valence-electron chi connectivity index (χ4n) is 5.16. The van der Waals surface area contributed by atoms with Gasteiger partial charge in [0.25, 0.3) is 10.0 Å². The number of aryl methyl sites for hydroxylation is 2. The lowest BCUT2D eigenvalue weighted by molar-refractivity contribution is 0.0968. The van der Waals surface area contributed by atoms with Crippen molar-refractivity contribution in [2.24, 2.45) is 5.92 Å². The molecular formula is C28H29NO6S. The Hall–Kier alpha value is -3.39. The van der Waals surface area contributed by atoms with Crippen molar-refractivity contribution in [3.8, 4) is 5.75 Å². The molecule has 1 fully saturated rings. The molecular weight excluding hydrogens is 478 g/mol. The summed E-state index contributed by atoms with van der Waals surface area (Å²) in [6, 6.07) is 13.6. The SMILES string of the molecule is Cc1ccccc1S(=O)(=O)Nc1cccc(C(c2c(O)c3c(oc2=O)CCCCCC3=O)C2CC2)c1. The molecule has 5 rings (SSSR count). The van der Waals surface area contributed by atoms with Gasteiger partial charge in [-0.1, -0.05) is 36.8 Å². The summed E-state index contributed by atoms with van der Waals surface area (Å²) in [6.45, 7) is 1.73. The van der Waals surface area contributed by atoms with Gasteiger partial charge in [-0.15, -0.1) is 0 Å². The third kappa shape index (κ3) is 4.69. The van der Waals surface area contributed by atoms with Crippen molar-refractivity contribution < 1.29 is 22.7 Å². The van der Waals surface area contributed by atoms with Gasteiger partial charge < -0.3 is 9.52 Å². The minimum atomic E-state index is -3.82. The Morgan fingerprint density at radius 3 is 2.50 bits per heavy atom. The predicted molar refractivity (Wildman–Crippen MR) is 136 cm³/mol. The monoisotopic (exact) mass is 507 g/mol. The maximum absolute atomic E-state index is 13.2. The lowest BCUT2D eigenvalue weighted by Gasteiger charge is -2.21. The fraction of sp³-hybridized carbons (Fsp3) is 0.357. The van der Waals surface area contributed by atoms with Crippen LogP contribution in [0.5, 0.6) is 5.75 Å². The highest BCUT2D eigenvalue weighted by molar-refractivity contribution is 7.92. The first-order valence-corrected chi connectivity index (χ1v) is 13.8. The maximum atomic E-state index is 13.2. The molecule has 0 bridgehead atoms. The van der Waals surface area contributed by atoms with Crippen LogP contribution in [0.3, 0.4) is 0 Å². The van der Waals surface area contributed by atoms with E-state index in [1.54, 1.807) is 49.4 Å². The number of ketones is 1. The number of carbonyl (C=O) groups is 1. The number of fused-ring (bicyclic) bond motifs is 1. The van der Waals surface area contributed by atoms with Gasteiger partial charge in [0.2, 0.25) is 0 Å². The topological polar surface area (TPSA) is 114 Å². The van der Waals surface area contributed by atoms with E-state index >= 15 is 0 Å². The average molecular weight is 508 g/mol. The standard InChI is InChI=1S/C28H29NO6S/c1-17-8-5-6-13-23(17)36(33,34)29-20-10-7-9-19(16-20)24(18-14-15-18)26-27(31)25-21(30)11-3-2-4-12-22(25)35-28(26)32/h5-10,13,16,18,24,29,31H,2-4,11-12,14-15H2,1H3. The van der Waals surface area contributed by atoms with Crippen molar-refractivity contribution in [2.45, 2.75) is 62.7 Å². The van der Waals surface area contributed by atoms with Crippen LogP contribution in [0.25, 0.3) is 0 Å². The fourth-order valence-corrected chi connectivity index (χ4v) is 6.46. The molecule has 0 saturated heterocycles. The van der Waals surface area contributed by atoms with Gasteiger partial charge in [0.1, 0.15) is 11.5 Å². The Bertz CT molecular complexity index is 1490. The Balaban J connectivity index is 1.56. The van der Waals surface area contributed by atoms with Crippen molar-refractivity contribution in [1.29, 1.82) is 0 Å². The van der Waals surface area contributed by atoms with Crippen LogP contribution in [0.2, 0.25) is 0 Å². The summed E-state index contributed by atoms with van der Waals surface area (Å²) in [6.07, 6.45) is 4.85. The molecule has 0 radical (unpaired) electrons. The molecule has 2 aliphatic carbocycles. The second-order valence-electron chi connectivity index (χ2n) is 9.75. The molecule has 0 spiro atoms. The van der Waals surface area contributed by atoms with Crippen molar-refractivity contribution in [1.82, 2.24) is 0 Å². The van der Waals surface area contributed by atoms with E-state index in [1.165, 1.54) is 0 Å². The molecule has 1 saturated carbocycles. The molecule has 3 aromatic rings. The summed E-state index contributed by atoms with van der Waals surface area (Å²) in [5.74, 6) is -0.644. The summed E-state index contributed by atoms with van der Waals surface area (Å²) in [5, 5.41) is 11.3. The Labute approximate surface area is 210 Å². The number of carbonyl (C=O) groups excluding carboxylic acids is 1. The number of Topliss-reactive ketones (excluding diaryl/α,β-unsaturated/α-hetero) is 1. The van der Waals surface area contributed by atoms with Gasteiger partial charge in [-0.25, -0.2) is 13.2 Å². The minimum Gasteiger partial charge on any atom is -0.506 e. The van der Waals surface area contributed by atoms with Gasteiger partial charge in [-0.2, -0.15) is 0 Å². The van der Waals surface area contributed by atoms with Crippen LogP contribution in [0.15, 0.2) is 62.6 Å². The van der Waals surface area contributed by atoms with E-state index in [0.29, 0.717) is 29.7 Å². The van der Waals surface area contributed by atoms with Gasteiger partial charge in [0.15, 0.2) is 5.78 Å². The molecule has 188 valence electrons. The van der Waals surface area contributed by atoms with E-state index in [2.05, 4.69) is 4.72 Å². The number of hydrogen-bond acceptors (Lipinski definition) is 6. The lowest BCUT2D eigenvalue weighted by atomic mass is 9.85. The number of nitrogens with one attached hydrogen (secondary N) is 1.